The molecule has 3 N–H and O–H groups in total. The lowest BCUT2D eigenvalue weighted by Gasteiger charge is -2.52. The molecular weight excluding hydrogens is 210 g/mol. The molecule has 0 spiro atoms. The second-order valence-corrected chi connectivity index (χ2v) is 6.88. The summed E-state index contributed by atoms with van der Waals surface area (Å²) >= 11 is 0. The normalized spacial score (nSPS) is 48.0. The van der Waals surface area contributed by atoms with Crippen LogP contribution in [0.5, 0.6) is 0 Å². The lowest BCUT2D eigenvalue weighted by atomic mass is 9.57. The topological polar surface area (TPSA) is 46.2 Å². The highest BCUT2D eigenvalue weighted by Crippen LogP contribution is 2.52. The Kier molecular flexibility index (Phi) is 3.84. The average molecular weight is 239 g/mol. The van der Waals surface area contributed by atoms with Gasteiger partial charge in [0.1, 0.15) is 0 Å². The summed E-state index contributed by atoms with van der Waals surface area (Å²) in [5.41, 5.74) is 5.64. The summed E-state index contributed by atoms with van der Waals surface area (Å²) in [5.74, 6) is 1.61. The first kappa shape index (κ1) is 13.4. The molecule has 0 heterocycles. The summed E-state index contributed by atoms with van der Waals surface area (Å²) in [7, 11) is 0. The number of hydrogen-bond acceptors (Lipinski definition) is 2. The molecule has 0 aliphatic heterocycles. The Morgan fingerprint density at radius 1 is 0.941 bits per heavy atom. The van der Waals surface area contributed by atoms with Crippen molar-refractivity contribution < 1.29 is 5.11 Å². The minimum Gasteiger partial charge on any atom is -0.389 e. The molecule has 0 atom stereocenters. The van der Waals surface area contributed by atoms with Gasteiger partial charge in [0, 0.05) is 12.0 Å². The van der Waals surface area contributed by atoms with Crippen molar-refractivity contribution in [2.75, 3.05) is 6.54 Å². The quantitative estimate of drug-likeness (QED) is 0.778. The van der Waals surface area contributed by atoms with Gasteiger partial charge in [-0.1, -0.05) is 26.7 Å². The van der Waals surface area contributed by atoms with Gasteiger partial charge >= 0.3 is 0 Å². The van der Waals surface area contributed by atoms with Crippen LogP contribution < -0.4 is 5.73 Å². The van der Waals surface area contributed by atoms with Crippen LogP contribution in [0.3, 0.4) is 0 Å². The van der Waals surface area contributed by atoms with Gasteiger partial charge in [-0.25, -0.2) is 0 Å². The van der Waals surface area contributed by atoms with Gasteiger partial charge in [-0.2, -0.15) is 0 Å². The third-order valence-electron chi connectivity index (χ3n) is 5.71. The van der Waals surface area contributed by atoms with Gasteiger partial charge in [-0.05, 0) is 50.4 Å². The molecular formula is C15H29NO. The van der Waals surface area contributed by atoms with E-state index >= 15 is 0 Å². The van der Waals surface area contributed by atoms with Crippen molar-refractivity contribution in [1.29, 1.82) is 0 Å². The number of hydrogen-bond donors (Lipinski definition) is 2. The zero-order valence-electron chi connectivity index (χ0n) is 11.5. The molecule has 0 aromatic rings. The Morgan fingerprint density at radius 3 is 1.76 bits per heavy atom. The minimum absolute atomic E-state index is 0.0274. The summed E-state index contributed by atoms with van der Waals surface area (Å²) in [4.78, 5) is 0. The molecule has 2 saturated carbocycles. The molecule has 2 aliphatic carbocycles. The van der Waals surface area contributed by atoms with E-state index in [-0.39, 0.29) is 5.41 Å². The first-order chi connectivity index (χ1) is 8.01. The molecule has 0 aromatic heterocycles. The molecule has 2 fully saturated rings. The second kappa shape index (κ2) is 4.89. The lowest BCUT2D eigenvalue weighted by Crippen LogP contribution is -2.55. The smallest absolute Gasteiger partial charge is 0.0716 e. The molecule has 2 aliphatic rings. The highest BCUT2D eigenvalue weighted by atomic mass is 16.3. The van der Waals surface area contributed by atoms with Gasteiger partial charge in [0.2, 0.25) is 0 Å². The Labute approximate surface area is 106 Å². The molecule has 0 aromatic carbocycles. The van der Waals surface area contributed by atoms with Crippen LogP contribution in [0, 0.1) is 17.3 Å². The van der Waals surface area contributed by atoms with E-state index in [9.17, 15) is 5.11 Å². The summed E-state index contributed by atoms with van der Waals surface area (Å²) in [6.07, 6.45) is 9.05. The van der Waals surface area contributed by atoms with Crippen LogP contribution in [-0.4, -0.2) is 17.3 Å². The number of aliphatic hydroxyl groups is 1. The third kappa shape index (κ3) is 2.39. The molecule has 2 nitrogen and oxygen atoms in total. The zero-order valence-corrected chi connectivity index (χ0v) is 11.5. The van der Waals surface area contributed by atoms with E-state index < -0.39 is 5.60 Å². The van der Waals surface area contributed by atoms with Gasteiger partial charge in [0.05, 0.1) is 5.60 Å². The molecule has 0 amide bonds. The molecule has 100 valence electrons. The zero-order chi connectivity index (χ0) is 12.5. The highest BCUT2D eigenvalue weighted by molar-refractivity contribution is 5.03. The van der Waals surface area contributed by atoms with Gasteiger partial charge in [0.15, 0.2) is 0 Å². The molecule has 0 unspecified atom stereocenters. The van der Waals surface area contributed by atoms with Crippen molar-refractivity contribution in [1.82, 2.24) is 0 Å². The van der Waals surface area contributed by atoms with Crippen molar-refractivity contribution in [3.63, 3.8) is 0 Å². The molecule has 0 saturated heterocycles. The largest absolute Gasteiger partial charge is 0.389 e. The standard InChI is InChI=1S/C15H29NO/c1-12-3-7-14(11-16,8-4-12)15(17)9-5-13(2)6-10-15/h12-13,17H,3-11,16H2,1-2H3. The first-order valence-electron chi connectivity index (χ1n) is 7.44. The van der Waals surface area contributed by atoms with Crippen LogP contribution in [0.15, 0.2) is 0 Å². The monoisotopic (exact) mass is 239 g/mol. The Balaban J connectivity index is 2.11. The van der Waals surface area contributed by atoms with Gasteiger partial charge < -0.3 is 10.8 Å². The van der Waals surface area contributed by atoms with Gasteiger partial charge in [-0.15, -0.1) is 0 Å². The average Bonchev–Trinajstić information content (AvgIpc) is 2.34. The molecule has 2 rings (SSSR count). The molecule has 0 bridgehead atoms. The van der Waals surface area contributed by atoms with E-state index in [1.165, 1.54) is 25.7 Å². The molecule has 17 heavy (non-hydrogen) atoms. The van der Waals surface area contributed by atoms with E-state index in [1.54, 1.807) is 0 Å². The SMILES string of the molecule is CC1CCC(O)(C2(CN)CCC(C)CC2)CC1. The number of nitrogens with two attached hydrogens (primary N) is 1. The van der Waals surface area contributed by atoms with E-state index in [0.29, 0.717) is 6.54 Å². The van der Waals surface area contributed by atoms with Crippen molar-refractivity contribution >= 4 is 0 Å². The lowest BCUT2D eigenvalue weighted by molar-refractivity contribution is -0.131. The first-order valence-corrected chi connectivity index (χ1v) is 7.44. The summed E-state index contributed by atoms with van der Waals surface area (Å²) in [5, 5.41) is 11.1. The van der Waals surface area contributed by atoms with E-state index in [4.69, 9.17) is 5.73 Å². The summed E-state index contributed by atoms with van der Waals surface area (Å²) in [6.45, 7) is 5.30. The van der Waals surface area contributed by atoms with Crippen LogP contribution >= 0.6 is 0 Å². The summed E-state index contributed by atoms with van der Waals surface area (Å²) in [6, 6.07) is 0. The predicted octanol–water partition coefficient (Wildman–Crippen LogP) is 3.08. The van der Waals surface area contributed by atoms with Crippen LogP contribution in [0.25, 0.3) is 0 Å². The van der Waals surface area contributed by atoms with Crippen LogP contribution in [0.2, 0.25) is 0 Å². The molecule has 0 radical (unpaired) electrons. The van der Waals surface area contributed by atoms with E-state index in [2.05, 4.69) is 13.8 Å². The summed E-state index contributed by atoms with van der Waals surface area (Å²) < 4.78 is 0. The van der Waals surface area contributed by atoms with Crippen molar-refractivity contribution in [3.8, 4) is 0 Å². The number of rotatable bonds is 2. The Hall–Kier alpha value is -0.0800. The van der Waals surface area contributed by atoms with Gasteiger partial charge in [-0.3, -0.25) is 0 Å². The fourth-order valence-corrected chi connectivity index (χ4v) is 3.94. The second-order valence-electron chi connectivity index (χ2n) is 6.88. The van der Waals surface area contributed by atoms with Crippen molar-refractivity contribution in [2.24, 2.45) is 23.0 Å². The van der Waals surface area contributed by atoms with E-state index in [0.717, 1.165) is 37.5 Å². The van der Waals surface area contributed by atoms with Crippen molar-refractivity contribution in [2.45, 2.75) is 70.8 Å². The highest BCUT2D eigenvalue weighted by Gasteiger charge is 2.51. The molecule has 2 heteroatoms. The maximum Gasteiger partial charge on any atom is 0.0716 e. The van der Waals surface area contributed by atoms with Crippen LogP contribution in [0.4, 0.5) is 0 Å². The van der Waals surface area contributed by atoms with Gasteiger partial charge in [0.25, 0.3) is 0 Å². The Morgan fingerprint density at radius 2 is 1.35 bits per heavy atom. The van der Waals surface area contributed by atoms with E-state index in [1.807, 2.05) is 0 Å². The maximum atomic E-state index is 11.1. The predicted molar refractivity (Wildman–Crippen MR) is 71.7 cm³/mol. The fraction of sp³-hybridized carbons (Fsp3) is 1.00. The third-order valence-corrected chi connectivity index (χ3v) is 5.71. The minimum atomic E-state index is -0.464. The fourth-order valence-electron chi connectivity index (χ4n) is 3.94. The van der Waals surface area contributed by atoms with Crippen LogP contribution in [0.1, 0.15) is 65.2 Å². The van der Waals surface area contributed by atoms with Crippen LogP contribution in [-0.2, 0) is 0 Å². The van der Waals surface area contributed by atoms with Crippen molar-refractivity contribution in [3.05, 3.63) is 0 Å². The Bertz CT molecular complexity index is 248. The maximum absolute atomic E-state index is 11.1.